The number of thioether (sulfide) groups is 1. The summed E-state index contributed by atoms with van der Waals surface area (Å²) in [7, 11) is -3.75. The summed E-state index contributed by atoms with van der Waals surface area (Å²) >= 11 is 1.51. The second-order valence-electron chi connectivity index (χ2n) is 6.66. The molecule has 0 aliphatic carbocycles. The van der Waals surface area contributed by atoms with Crippen molar-refractivity contribution < 1.29 is 13.2 Å². The van der Waals surface area contributed by atoms with E-state index in [-0.39, 0.29) is 21.9 Å². The van der Waals surface area contributed by atoms with Crippen LogP contribution in [0.4, 0.5) is 11.5 Å². The van der Waals surface area contributed by atoms with Crippen LogP contribution in [0.3, 0.4) is 0 Å². The van der Waals surface area contributed by atoms with E-state index >= 15 is 0 Å². The van der Waals surface area contributed by atoms with Crippen molar-refractivity contribution in [3.8, 4) is 0 Å². The highest BCUT2D eigenvalue weighted by atomic mass is 32.2. The zero-order valence-electron chi connectivity index (χ0n) is 16.7. The summed E-state index contributed by atoms with van der Waals surface area (Å²) in [4.78, 5) is 17.8. The van der Waals surface area contributed by atoms with Crippen LogP contribution in [-0.4, -0.2) is 24.6 Å². The van der Waals surface area contributed by atoms with Gasteiger partial charge in [-0.15, -0.1) is 11.8 Å². The fourth-order valence-corrected chi connectivity index (χ4v) is 4.63. The number of hydrogen-bond donors (Lipinski definition) is 2. The first kappa shape index (κ1) is 21.9. The summed E-state index contributed by atoms with van der Waals surface area (Å²) in [5, 5.41) is 2.62. The van der Waals surface area contributed by atoms with Gasteiger partial charge in [0.15, 0.2) is 0 Å². The molecular formula is C22H23N3O3S2. The van der Waals surface area contributed by atoms with Crippen LogP contribution < -0.4 is 10.0 Å². The Hall–Kier alpha value is -2.84. The molecule has 2 aromatic carbocycles. The molecule has 1 amide bonds. The van der Waals surface area contributed by atoms with Crippen LogP contribution in [-0.2, 0) is 14.8 Å². The van der Waals surface area contributed by atoms with Gasteiger partial charge in [0.2, 0.25) is 5.91 Å². The van der Waals surface area contributed by atoms with Gasteiger partial charge in [0.1, 0.15) is 5.82 Å². The van der Waals surface area contributed by atoms with Gasteiger partial charge < -0.3 is 5.32 Å². The van der Waals surface area contributed by atoms with Gasteiger partial charge in [-0.2, -0.15) is 0 Å². The number of rotatable bonds is 8. The lowest BCUT2D eigenvalue weighted by molar-refractivity contribution is -0.115. The van der Waals surface area contributed by atoms with E-state index in [1.807, 2.05) is 38.1 Å². The van der Waals surface area contributed by atoms with E-state index in [2.05, 4.69) is 15.0 Å². The number of nitrogens with zero attached hydrogens (tertiary/aromatic N) is 1. The molecule has 0 spiro atoms. The number of aromatic nitrogens is 1. The third-order valence-electron chi connectivity index (χ3n) is 4.30. The summed E-state index contributed by atoms with van der Waals surface area (Å²) in [6, 6.07) is 19.1. The summed E-state index contributed by atoms with van der Waals surface area (Å²) in [5.41, 5.74) is 1.71. The van der Waals surface area contributed by atoms with Crippen molar-refractivity contribution in [2.75, 3.05) is 10.0 Å². The van der Waals surface area contributed by atoms with Crippen LogP contribution in [0.2, 0.25) is 0 Å². The normalized spacial score (nSPS) is 12.2. The second kappa shape index (κ2) is 9.77. The summed E-state index contributed by atoms with van der Waals surface area (Å²) in [6.45, 7) is 3.98. The molecule has 2 N–H and O–H groups in total. The molecule has 0 saturated heterocycles. The van der Waals surface area contributed by atoms with Crippen molar-refractivity contribution >= 4 is 39.2 Å². The van der Waals surface area contributed by atoms with Crippen molar-refractivity contribution in [3.63, 3.8) is 0 Å². The number of nitrogens with one attached hydrogen (secondary N) is 2. The van der Waals surface area contributed by atoms with Crippen molar-refractivity contribution in [2.45, 2.75) is 35.3 Å². The third-order valence-corrected chi connectivity index (χ3v) is 7.05. The van der Waals surface area contributed by atoms with E-state index in [4.69, 9.17) is 0 Å². The van der Waals surface area contributed by atoms with Crippen molar-refractivity contribution in [1.29, 1.82) is 0 Å². The Morgan fingerprint density at radius 3 is 2.33 bits per heavy atom. The smallest absolute Gasteiger partial charge is 0.263 e. The van der Waals surface area contributed by atoms with E-state index in [0.29, 0.717) is 12.1 Å². The quantitative estimate of drug-likeness (QED) is 0.495. The molecule has 1 heterocycles. The maximum absolute atomic E-state index is 12.7. The topological polar surface area (TPSA) is 88.2 Å². The maximum atomic E-state index is 12.7. The Morgan fingerprint density at radius 1 is 1.03 bits per heavy atom. The number of amides is 1. The van der Waals surface area contributed by atoms with Gasteiger partial charge in [0.25, 0.3) is 10.0 Å². The molecule has 1 aromatic heterocycles. The highest BCUT2D eigenvalue weighted by Gasteiger charge is 2.19. The molecule has 8 heteroatoms. The highest BCUT2D eigenvalue weighted by molar-refractivity contribution is 8.00. The predicted octanol–water partition coefficient (Wildman–Crippen LogP) is 4.70. The molecule has 0 aliphatic heterocycles. The molecule has 3 rings (SSSR count). The number of benzene rings is 2. The van der Waals surface area contributed by atoms with E-state index in [0.717, 1.165) is 4.90 Å². The molecule has 6 nitrogen and oxygen atoms in total. The minimum atomic E-state index is -3.75. The Kier molecular flexibility index (Phi) is 7.12. The van der Waals surface area contributed by atoms with Crippen LogP contribution in [0, 0.1) is 6.92 Å². The van der Waals surface area contributed by atoms with Gasteiger partial charge >= 0.3 is 0 Å². The SMILES string of the molecule is CCC(Sc1ccc(C)cc1)C(=O)Nc1ccc(S(=O)(=O)Nc2ccccn2)cc1. The Labute approximate surface area is 181 Å². The molecule has 1 atom stereocenters. The molecule has 156 valence electrons. The number of sulfonamides is 1. The lowest BCUT2D eigenvalue weighted by Crippen LogP contribution is -2.24. The van der Waals surface area contributed by atoms with E-state index in [9.17, 15) is 13.2 Å². The zero-order chi connectivity index (χ0) is 21.6. The summed E-state index contributed by atoms with van der Waals surface area (Å²) < 4.78 is 27.4. The number of hydrogen-bond acceptors (Lipinski definition) is 5. The van der Waals surface area contributed by atoms with Crippen LogP contribution in [0.25, 0.3) is 0 Å². The molecule has 0 aliphatic rings. The summed E-state index contributed by atoms with van der Waals surface area (Å²) in [6.07, 6.45) is 2.18. The number of carbonyl (C=O) groups is 1. The predicted molar refractivity (Wildman–Crippen MR) is 121 cm³/mol. The molecule has 3 aromatic rings. The van der Waals surface area contributed by atoms with Crippen molar-refractivity contribution in [2.24, 2.45) is 0 Å². The zero-order valence-corrected chi connectivity index (χ0v) is 18.3. The van der Waals surface area contributed by atoms with E-state index in [1.54, 1.807) is 30.3 Å². The van der Waals surface area contributed by atoms with Gasteiger partial charge in [0.05, 0.1) is 10.1 Å². The average Bonchev–Trinajstić information content (AvgIpc) is 2.74. The van der Waals surface area contributed by atoms with Crippen LogP contribution in [0.15, 0.2) is 82.7 Å². The lowest BCUT2D eigenvalue weighted by Gasteiger charge is -2.15. The van der Waals surface area contributed by atoms with Crippen molar-refractivity contribution in [3.05, 3.63) is 78.5 Å². The number of anilines is 2. The first-order valence-electron chi connectivity index (χ1n) is 9.45. The number of aryl methyl sites for hydroxylation is 1. The van der Waals surface area contributed by atoms with E-state index in [1.165, 1.54) is 35.7 Å². The van der Waals surface area contributed by atoms with Gasteiger partial charge in [-0.05, 0) is 61.9 Å². The fourth-order valence-electron chi connectivity index (χ4n) is 2.66. The lowest BCUT2D eigenvalue weighted by atomic mass is 10.2. The van der Waals surface area contributed by atoms with Crippen LogP contribution >= 0.6 is 11.8 Å². The first-order valence-corrected chi connectivity index (χ1v) is 11.8. The Balaban J connectivity index is 1.65. The Morgan fingerprint density at radius 2 is 1.73 bits per heavy atom. The standard InChI is InChI=1S/C22H23N3O3S2/c1-3-20(29-18-11-7-16(2)8-12-18)22(26)24-17-9-13-19(14-10-17)30(27,28)25-21-6-4-5-15-23-21/h4-15,20H,3H2,1-2H3,(H,23,25)(H,24,26). The largest absolute Gasteiger partial charge is 0.325 e. The van der Waals surface area contributed by atoms with Gasteiger partial charge in [-0.25, -0.2) is 13.4 Å². The molecule has 0 fully saturated rings. The maximum Gasteiger partial charge on any atom is 0.263 e. The van der Waals surface area contributed by atoms with Crippen LogP contribution in [0.5, 0.6) is 0 Å². The Bertz CT molecular complexity index is 1080. The summed E-state index contributed by atoms with van der Waals surface area (Å²) in [5.74, 6) is 0.124. The minimum absolute atomic E-state index is 0.0900. The highest BCUT2D eigenvalue weighted by Crippen LogP contribution is 2.27. The molecule has 30 heavy (non-hydrogen) atoms. The van der Waals surface area contributed by atoms with Crippen molar-refractivity contribution in [1.82, 2.24) is 4.98 Å². The fraction of sp³-hybridized carbons (Fsp3) is 0.182. The monoisotopic (exact) mass is 441 g/mol. The second-order valence-corrected chi connectivity index (χ2v) is 9.62. The molecule has 0 bridgehead atoms. The minimum Gasteiger partial charge on any atom is -0.325 e. The molecule has 0 saturated carbocycles. The molecule has 0 radical (unpaired) electrons. The molecular weight excluding hydrogens is 418 g/mol. The van der Waals surface area contributed by atoms with E-state index < -0.39 is 10.0 Å². The van der Waals surface area contributed by atoms with Gasteiger partial charge in [0, 0.05) is 16.8 Å². The van der Waals surface area contributed by atoms with Gasteiger partial charge in [-0.1, -0.05) is 30.7 Å². The number of carbonyl (C=O) groups excluding carboxylic acids is 1. The number of pyridine rings is 1. The average molecular weight is 442 g/mol. The third kappa shape index (κ3) is 5.84. The first-order chi connectivity index (χ1) is 14.4. The van der Waals surface area contributed by atoms with Crippen LogP contribution in [0.1, 0.15) is 18.9 Å². The molecule has 1 unspecified atom stereocenters. The van der Waals surface area contributed by atoms with Gasteiger partial charge in [-0.3, -0.25) is 9.52 Å².